The van der Waals surface area contributed by atoms with Crippen molar-refractivity contribution in [3.63, 3.8) is 0 Å². The molecular formula is C14H26N4O2. The summed E-state index contributed by atoms with van der Waals surface area (Å²) in [6.07, 6.45) is 4.19. The predicted octanol–water partition coefficient (Wildman–Crippen LogP) is 0.893. The van der Waals surface area contributed by atoms with E-state index in [-0.39, 0.29) is 12.1 Å². The zero-order chi connectivity index (χ0) is 14.5. The third kappa shape index (κ3) is 3.31. The van der Waals surface area contributed by atoms with E-state index in [4.69, 9.17) is 9.47 Å². The molecule has 1 aromatic heterocycles. The molecule has 2 unspecified atom stereocenters. The Hall–Kier alpha value is -1.11. The van der Waals surface area contributed by atoms with Crippen molar-refractivity contribution in [2.45, 2.75) is 31.5 Å². The van der Waals surface area contributed by atoms with E-state index in [1.54, 1.807) is 13.3 Å². The van der Waals surface area contributed by atoms with Crippen LogP contribution < -0.4 is 10.1 Å². The molecule has 1 N–H and O–H groups in total. The summed E-state index contributed by atoms with van der Waals surface area (Å²) in [5.74, 6) is 0.832. The van der Waals surface area contributed by atoms with E-state index in [0.29, 0.717) is 0 Å². The van der Waals surface area contributed by atoms with Crippen LogP contribution in [0.5, 0.6) is 5.75 Å². The molecule has 1 aliphatic heterocycles. The minimum atomic E-state index is 0.122. The molecule has 6 nitrogen and oxygen atoms in total. The molecule has 0 saturated carbocycles. The van der Waals surface area contributed by atoms with Gasteiger partial charge < -0.3 is 19.7 Å². The Bertz CT molecular complexity index is 413. The summed E-state index contributed by atoms with van der Waals surface area (Å²) < 4.78 is 13.4. The van der Waals surface area contributed by atoms with Gasteiger partial charge in [0.05, 0.1) is 37.7 Å². The van der Waals surface area contributed by atoms with Crippen molar-refractivity contribution in [3.8, 4) is 5.75 Å². The Morgan fingerprint density at radius 1 is 1.60 bits per heavy atom. The van der Waals surface area contributed by atoms with Gasteiger partial charge in [-0.25, -0.2) is 0 Å². The van der Waals surface area contributed by atoms with E-state index in [9.17, 15) is 0 Å². The molecule has 2 atom stereocenters. The lowest BCUT2D eigenvalue weighted by atomic mass is 10.0. The maximum atomic E-state index is 5.84. The van der Waals surface area contributed by atoms with Crippen molar-refractivity contribution >= 4 is 0 Å². The predicted molar refractivity (Wildman–Crippen MR) is 78.1 cm³/mol. The van der Waals surface area contributed by atoms with E-state index in [0.717, 1.165) is 44.0 Å². The van der Waals surface area contributed by atoms with Crippen molar-refractivity contribution < 1.29 is 9.47 Å². The fraction of sp³-hybridized carbons (Fsp3) is 0.786. The van der Waals surface area contributed by atoms with E-state index < -0.39 is 0 Å². The lowest BCUT2D eigenvalue weighted by Crippen LogP contribution is -2.32. The van der Waals surface area contributed by atoms with Gasteiger partial charge in [-0.15, -0.1) is 0 Å². The van der Waals surface area contributed by atoms with Crippen LogP contribution in [0.3, 0.4) is 0 Å². The summed E-state index contributed by atoms with van der Waals surface area (Å²) in [4.78, 5) is 2.15. The molecule has 0 amide bonds. The van der Waals surface area contributed by atoms with Crippen molar-refractivity contribution in [1.82, 2.24) is 20.0 Å². The highest BCUT2D eigenvalue weighted by Gasteiger charge is 2.31. The van der Waals surface area contributed by atoms with Crippen LogP contribution in [0.4, 0.5) is 0 Å². The SMILES string of the molecule is CNC(c1c(OC)cnn1CCN(C)C)C1CCCO1. The van der Waals surface area contributed by atoms with Gasteiger partial charge in [-0.3, -0.25) is 4.68 Å². The average molecular weight is 282 g/mol. The molecule has 0 aliphatic carbocycles. The Morgan fingerprint density at radius 3 is 2.95 bits per heavy atom. The second-order valence-corrected chi connectivity index (χ2v) is 5.44. The van der Waals surface area contributed by atoms with E-state index in [2.05, 4.69) is 29.4 Å². The Balaban J connectivity index is 2.23. The molecule has 20 heavy (non-hydrogen) atoms. The normalized spacial score (nSPS) is 20.6. The van der Waals surface area contributed by atoms with E-state index in [1.807, 2.05) is 11.7 Å². The summed E-state index contributed by atoms with van der Waals surface area (Å²) in [5.41, 5.74) is 1.09. The summed E-state index contributed by atoms with van der Waals surface area (Å²) in [7, 11) is 7.79. The average Bonchev–Trinajstić information content (AvgIpc) is 3.07. The first kappa shape index (κ1) is 15.3. The molecule has 1 saturated heterocycles. The van der Waals surface area contributed by atoms with Crippen LogP contribution in [-0.4, -0.2) is 62.2 Å². The summed E-state index contributed by atoms with van der Waals surface area (Å²) in [6, 6.07) is 0.122. The molecule has 0 aromatic carbocycles. The Labute approximate surface area is 121 Å². The number of ether oxygens (including phenoxy) is 2. The molecule has 114 valence electrons. The maximum absolute atomic E-state index is 5.84. The van der Waals surface area contributed by atoms with E-state index in [1.165, 1.54) is 0 Å². The number of hydrogen-bond acceptors (Lipinski definition) is 5. The third-order valence-corrected chi connectivity index (χ3v) is 3.77. The highest BCUT2D eigenvalue weighted by atomic mass is 16.5. The molecule has 1 fully saturated rings. The number of nitrogens with one attached hydrogen (secondary N) is 1. The molecule has 2 rings (SSSR count). The first-order chi connectivity index (χ1) is 9.67. The molecule has 0 bridgehead atoms. The lowest BCUT2D eigenvalue weighted by Gasteiger charge is -2.24. The number of rotatable bonds is 7. The van der Waals surface area contributed by atoms with Gasteiger partial charge in [0.25, 0.3) is 0 Å². The van der Waals surface area contributed by atoms with Crippen molar-refractivity contribution in [2.24, 2.45) is 0 Å². The molecule has 0 radical (unpaired) electrons. The van der Waals surface area contributed by atoms with Crippen LogP contribution >= 0.6 is 0 Å². The Kier molecular flexibility index (Phi) is 5.39. The second kappa shape index (κ2) is 7.06. The first-order valence-electron chi connectivity index (χ1n) is 7.20. The summed E-state index contributed by atoms with van der Waals surface area (Å²) >= 11 is 0. The van der Waals surface area contributed by atoms with Gasteiger partial charge in [0.2, 0.25) is 0 Å². The minimum absolute atomic E-state index is 0.122. The van der Waals surface area contributed by atoms with Crippen LogP contribution in [0.25, 0.3) is 0 Å². The van der Waals surface area contributed by atoms with Crippen molar-refractivity contribution in [3.05, 3.63) is 11.9 Å². The zero-order valence-electron chi connectivity index (χ0n) is 12.9. The van der Waals surface area contributed by atoms with Gasteiger partial charge in [-0.05, 0) is 34.0 Å². The number of methoxy groups -OCH3 is 1. The van der Waals surface area contributed by atoms with E-state index >= 15 is 0 Å². The van der Waals surface area contributed by atoms with Crippen LogP contribution in [0.15, 0.2) is 6.20 Å². The fourth-order valence-electron chi connectivity index (χ4n) is 2.69. The minimum Gasteiger partial charge on any atom is -0.493 e. The zero-order valence-corrected chi connectivity index (χ0v) is 12.9. The van der Waals surface area contributed by atoms with Gasteiger partial charge in [0, 0.05) is 13.2 Å². The van der Waals surface area contributed by atoms with Gasteiger partial charge in [0.1, 0.15) is 0 Å². The molecular weight excluding hydrogens is 256 g/mol. The third-order valence-electron chi connectivity index (χ3n) is 3.77. The van der Waals surface area contributed by atoms with Gasteiger partial charge in [-0.1, -0.05) is 0 Å². The monoisotopic (exact) mass is 282 g/mol. The quantitative estimate of drug-likeness (QED) is 0.805. The largest absolute Gasteiger partial charge is 0.493 e. The fourth-order valence-corrected chi connectivity index (χ4v) is 2.69. The number of nitrogens with zero attached hydrogens (tertiary/aromatic N) is 3. The van der Waals surface area contributed by atoms with Gasteiger partial charge >= 0.3 is 0 Å². The van der Waals surface area contributed by atoms with Crippen molar-refractivity contribution in [2.75, 3.05) is 41.4 Å². The molecule has 1 aliphatic rings. The molecule has 2 heterocycles. The van der Waals surface area contributed by atoms with Crippen LogP contribution in [0.1, 0.15) is 24.6 Å². The van der Waals surface area contributed by atoms with Crippen LogP contribution in [0.2, 0.25) is 0 Å². The molecule has 1 aromatic rings. The Morgan fingerprint density at radius 2 is 2.40 bits per heavy atom. The number of hydrogen-bond donors (Lipinski definition) is 1. The number of likely N-dealkylation sites (N-methyl/N-ethyl adjacent to an activating group) is 2. The molecule has 0 spiro atoms. The van der Waals surface area contributed by atoms with Crippen LogP contribution in [0, 0.1) is 0 Å². The highest BCUT2D eigenvalue weighted by molar-refractivity contribution is 5.29. The maximum Gasteiger partial charge on any atom is 0.161 e. The standard InChI is InChI=1S/C14H26N4O2/c1-15-13(11-6-5-9-20-11)14-12(19-4)10-16-18(14)8-7-17(2)3/h10-11,13,15H,5-9H2,1-4H3. The highest BCUT2D eigenvalue weighted by Crippen LogP contribution is 2.32. The number of aromatic nitrogens is 2. The van der Waals surface area contributed by atoms with Crippen molar-refractivity contribution in [1.29, 1.82) is 0 Å². The van der Waals surface area contributed by atoms with Gasteiger partial charge in [-0.2, -0.15) is 5.10 Å². The smallest absolute Gasteiger partial charge is 0.161 e. The first-order valence-corrected chi connectivity index (χ1v) is 7.20. The molecule has 6 heteroatoms. The lowest BCUT2D eigenvalue weighted by molar-refractivity contribution is 0.0769. The van der Waals surface area contributed by atoms with Crippen LogP contribution in [-0.2, 0) is 11.3 Å². The topological polar surface area (TPSA) is 51.5 Å². The summed E-state index contributed by atoms with van der Waals surface area (Å²) in [5, 5.41) is 7.84. The summed E-state index contributed by atoms with van der Waals surface area (Å²) in [6.45, 7) is 2.63. The second-order valence-electron chi connectivity index (χ2n) is 5.44. The van der Waals surface area contributed by atoms with Gasteiger partial charge in [0.15, 0.2) is 5.75 Å².